The molecule has 2 aromatic carbocycles. The van der Waals surface area contributed by atoms with Crippen LogP contribution in [0.2, 0.25) is 5.15 Å². The Labute approximate surface area is 155 Å². The van der Waals surface area contributed by atoms with Gasteiger partial charge in [0, 0.05) is 29.1 Å². The molecule has 0 amide bonds. The van der Waals surface area contributed by atoms with Crippen LogP contribution in [0, 0.1) is 5.82 Å². The number of hydrogen-bond acceptors (Lipinski definition) is 3. The van der Waals surface area contributed by atoms with Crippen LogP contribution in [-0.4, -0.2) is 15.2 Å². The molecule has 0 N–H and O–H groups in total. The summed E-state index contributed by atoms with van der Waals surface area (Å²) in [7, 11) is 0. The van der Waals surface area contributed by atoms with E-state index < -0.39 is 0 Å². The number of aromatic nitrogens is 3. The van der Waals surface area contributed by atoms with Gasteiger partial charge in [0.15, 0.2) is 5.15 Å². The fourth-order valence-electron chi connectivity index (χ4n) is 2.89. The van der Waals surface area contributed by atoms with Crippen LogP contribution in [0.3, 0.4) is 0 Å². The first-order valence-electron chi connectivity index (χ1n) is 8.02. The molecule has 4 aromatic rings. The summed E-state index contributed by atoms with van der Waals surface area (Å²) in [6, 6.07) is 19.8. The van der Waals surface area contributed by atoms with E-state index in [-0.39, 0.29) is 5.82 Å². The fourth-order valence-corrected chi connectivity index (χ4v) is 3.13. The van der Waals surface area contributed by atoms with Crippen LogP contribution in [-0.2, 0) is 0 Å². The van der Waals surface area contributed by atoms with Crippen molar-refractivity contribution in [1.82, 2.24) is 15.2 Å². The van der Waals surface area contributed by atoms with Crippen molar-refractivity contribution in [1.29, 1.82) is 0 Å². The van der Waals surface area contributed by atoms with E-state index >= 15 is 0 Å². The Balaban J connectivity index is 2.06. The number of hydrogen-bond donors (Lipinski definition) is 0. The van der Waals surface area contributed by atoms with Gasteiger partial charge in [0.2, 0.25) is 0 Å². The molecule has 0 aliphatic heterocycles. The summed E-state index contributed by atoms with van der Waals surface area (Å²) >= 11 is 6.44. The second-order valence-electron chi connectivity index (χ2n) is 5.70. The van der Waals surface area contributed by atoms with E-state index in [9.17, 15) is 4.39 Å². The first kappa shape index (κ1) is 16.4. The Morgan fingerprint density at radius 3 is 2.00 bits per heavy atom. The molecular weight excluding hydrogens is 349 g/mol. The second kappa shape index (κ2) is 7.02. The number of halogens is 2. The molecule has 0 radical (unpaired) electrons. The summed E-state index contributed by atoms with van der Waals surface area (Å²) in [6.07, 6.45) is 3.41. The maximum Gasteiger partial charge on any atom is 0.160 e. The molecular formula is C21H13ClFN3. The van der Waals surface area contributed by atoms with Crippen LogP contribution < -0.4 is 0 Å². The molecule has 5 heteroatoms. The van der Waals surface area contributed by atoms with Crippen LogP contribution in [0.1, 0.15) is 0 Å². The molecule has 0 saturated carbocycles. The van der Waals surface area contributed by atoms with E-state index in [2.05, 4.69) is 15.2 Å². The van der Waals surface area contributed by atoms with Gasteiger partial charge in [0.25, 0.3) is 0 Å². The van der Waals surface area contributed by atoms with E-state index in [1.807, 2.05) is 42.5 Å². The van der Waals surface area contributed by atoms with Crippen LogP contribution in [0.4, 0.5) is 4.39 Å². The number of rotatable bonds is 3. The average Bonchev–Trinajstić information content (AvgIpc) is 2.70. The lowest BCUT2D eigenvalue weighted by atomic mass is 9.92. The zero-order valence-corrected chi connectivity index (χ0v) is 14.4. The summed E-state index contributed by atoms with van der Waals surface area (Å²) in [6.45, 7) is 0. The predicted molar refractivity (Wildman–Crippen MR) is 101 cm³/mol. The Hall–Kier alpha value is -3.11. The lowest BCUT2D eigenvalue weighted by Gasteiger charge is -2.15. The third kappa shape index (κ3) is 3.07. The minimum absolute atomic E-state index is 0.300. The van der Waals surface area contributed by atoms with Crippen LogP contribution in [0.5, 0.6) is 0 Å². The molecule has 4 rings (SSSR count). The smallest absolute Gasteiger partial charge is 0.160 e. The minimum atomic E-state index is -0.300. The summed E-state index contributed by atoms with van der Waals surface area (Å²) < 4.78 is 13.4. The largest absolute Gasteiger partial charge is 0.265 e. The van der Waals surface area contributed by atoms with Gasteiger partial charge in [-0.25, -0.2) is 4.39 Å². The van der Waals surface area contributed by atoms with E-state index in [0.29, 0.717) is 10.8 Å². The normalized spacial score (nSPS) is 10.7. The van der Waals surface area contributed by atoms with E-state index in [1.165, 1.54) is 12.1 Å². The minimum Gasteiger partial charge on any atom is -0.265 e. The van der Waals surface area contributed by atoms with Gasteiger partial charge in [0.1, 0.15) is 11.5 Å². The molecule has 0 fully saturated rings. The summed E-state index contributed by atoms with van der Waals surface area (Å²) in [5.41, 5.74) is 4.88. The van der Waals surface area contributed by atoms with E-state index in [4.69, 9.17) is 11.6 Å². The molecule has 0 atom stereocenters. The number of benzene rings is 2. The van der Waals surface area contributed by atoms with Gasteiger partial charge in [-0.1, -0.05) is 41.9 Å². The highest BCUT2D eigenvalue weighted by Crippen LogP contribution is 2.41. The van der Waals surface area contributed by atoms with Crippen molar-refractivity contribution in [3.05, 3.63) is 90.1 Å². The highest BCUT2D eigenvalue weighted by atomic mass is 35.5. The maximum absolute atomic E-state index is 13.4. The second-order valence-corrected chi connectivity index (χ2v) is 6.06. The van der Waals surface area contributed by atoms with Crippen molar-refractivity contribution >= 4 is 11.6 Å². The van der Waals surface area contributed by atoms with E-state index in [0.717, 1.165) is 27.8 Å². The molecule has 26 heavy (non-hydrogen) atoms. The highest BCUT2D eigenvalue weighted by molar-refractivity contribution is 6.33. The van der Waals surface area contributed by atoms with Gasteiger partial charge in [-0.15, -0.1) is 10.2 Å². The molecule has 0 aliphatic carbocycles. The Morgan fingerprint density at radius 2 is 1.31 bits per heavy atom. The van der Waals surface area contributed by atoms with Crippen molar-refractivity contribution in [2.24, 2.45) is 0 Å². The van der Waals surface area contributed by atoms with Gasteiger partial charge in [-0.2, -0.15) is 0 Å². The van der Waals surface area contributed by atoms with Gasteiger partial charge >= 0.3 is 0 Å². The average molecular weight is 362 g/mol. The molecule has 0 unspecified atom stereocenters. The monoisotopic (exact) mass is 361 g/mol. The van der Waals surface area contributed by atoms with Crippen LogP contribution in [0.25, 0.3) is 33.5 Å². The Bertz CT molecular complexity index is 1040. The third-order valence-corrected chi connectivity index (χ3v) is 4.34. The molecule has 0 spiro atoms. The molecule has 2 aromatic heterocycles. The topological polar surface area (TPSA) is 38.7 Å². The molecule has 0 bridgehead atoms. The third-order valence-electron chi connectivity index (χ3n) is 4.08. The predicted octanol–water partition coefficient (Wildman–Crippen LogP) is 5.67. The summed E-state index contributed by atoms with van der Waals surface area (Å²) in [5.74, 6) is -0.300. The van der Waals surface area contributed by atoms with Gasteiger partial charge in [-0.3, -0.25) is 4.98 Å². The van der Waals surface area contributed by atoms with Crippen molar-refractivity contribution in [3.8, 4) is 33.5 Å². The van der Waals surface area contributed by atoms with Gasteiger partial charge < -0.3 is 0 Å². The number of pyridine rings is 1. The van der Waals surface area contributed by atoms with Crippen molar-refractivity contribution in [3.63, 3.8) is 0 Å². The quantitative estimate of drug-likeness (QED) is 0.472. The van der Waals surface area contributed by atoms with Crippen LogP contribution >= 0.6 is 11.6 Å². The van der Waals surface area contributed by atoms with Crippen molar-refractivity contribution < 1.29 is 4.39 Å². The highest BCUT2D eigenvalue weighted by Gasteiger charge is 2.19. The lowest BCUT2D eigenvalue weighted by molar-refractivity contribution is 0.628. The first-order valence-corrected chi connectivity index (χ1v) is 8.40. The molecule has 2 heterocycles. The Kier molecular flexibility index (Phi) is 4.42. The molecule has 0 saturated heterocycles. The SMILES string of the molecule is Fc1ccc(-c2nnc(Cl)c(-c3ccncc3)c2-c2ccccc2)cc1. The molecule has 3 nitrogen and oxygen atoms in total. The van der Waals surface area contributed by atoms with Crippen molar-refractivity contribution in [2.75, 3.05) is 0 Å². The van der Waals surface area contributed by atoms with Gasteiger partial charge in [0.05, 0.1) is 0 Å². The lowest BCUT2D eigenvalue weighted by Crippen LogP contribution is -1.98. The maximum atomic E-state index is 13.4. The number of nitrogens with zero attached hydrogens (tertiary/aromatic N) is 3. The first-order chi connectivity index (χ1) is 12.7. The molecule has 126 valence electrons. The molecule has 0 aliphatic rings. The summed E-state index contributed by atoms with van der Waals surface area (Å²) in [4.78, 5) is 4.07. The van der Waals surface area contributed by atoms with Crippen LogP contribution in [0.15, 0.2) is 79.1 Å². The fraction of sp³-hybridized carbons (Fsp3) is 0. The van der Waals surface area contributed by atoms with E-state index in [1.54, 1.807) is 24.5 Å². The standard InChI is InChI=1S/C21H13ClFN3/c22-21-19(15-10-12-24-13-11-15)18(14-4-2-1-3-5-14)20(25-26-21)16-6-8-17(23)9-7-16/h1-13H. The van der Waals surface area contributed by atoms with Gasteiger partial charge in [-0.05, 0) is 47.5 Å². The summed E-state index contributed by atoms with van der Waals surface area (Å²) in [5, 5.41) is 8.77. The Morgan fingerprint density at radius 1 is 0.654 bits per heavy atom. The zero-order chi connectivity index (χ0) is 17.9. The van der Waals surface area contributed by atoms with Crippen molar-refractivity contribution in [2.45, 2.75) is 0 Å². The zero-order valence-electron chi connectivity index (χ0n) is 13.6.